The summed E-state index contributed by atoms with van der Waals surface area (Å²) >= 11 is 0. The predicted octanol–water partition coefficient (Wildman–Crippen LogP) is 0.401. The van der Waals surface area contributed by atoms with Crippen molar-refractivity contribution in [1.82, 2.24) is 9.88 Å². The molecule has 5 heteroatoms. The number of pyridine rings is 1. The zero-order chi connectivity index (χ0) is 12.3. The molecule has 1 saturated heterocycles. The van der Waals surface area contributed by atoms with Crippen molar-refractivity contribution >= 4 is 5.97 Å². The lowest BCUT2D eigenvalue weighted by molar-refractivity contribution is 0.0593. The molecule has 0 aliphatic carbocycles. The minimum Gasteiger partial charge on any atom is -0.464 e. The Labute approximate surface area is 101 Å². The van der Waals surface area contributed by atoms with Gasteiger partial charge in [-0.1, -0.05) is 6.07 Å². The minimum absolute atomic E-state index is 0.263. The second kappa shape index (κ2) is 5.25. The SMILES string of the molecule is COC(=O)c1cccc(CN2CCC(N)C2)n1. The number of nitrogens with two attached hydrogens (primary N) is 1. The summed E-state index contributed by atoms with van der Waals surface area (Å²) in [5.41, 5.74) is 7.07. The molecule has 0 aromatic carbocycles. The lowest BCUT2D eigenvalue weighted by Gasteiger charge is -2.14. The predicted molar refractivity (Wildman–Crippen MR) is 63.4 cm³/mol. The highest BCUT2D eigenvalue weighted by molar-refractivity contribution is 5.87. The highest BCUT2D eigenvalue weighted by atomic mass is 16.5. The number of rotatable bonds is 3. The van der Waals surface area contributed by atoms with Gasteiger partial charge in [-0.05, 0) is 18.6 Å². The Hall–Kier alpha value is -1.46. The van der Waals surface area contributed by atoms with Gasteiger partial charge in [0, 0.05) is 25.7 Å². The van der Waals surface area contributed by atoms with Gasteiger partial charge < -0.3 is 10.5 Å². The van der Waals surface area contributed by atoms with E-state index in [1.165, 1.54) is 7.11 Å². The number of aromatic nitrogens is 1. The number of esters is 1. The number of hydrogen-bond donors (Lipinski definition) is 1. The zero-order valence-corrected chi connectivity index (χ0v) is 9.93. The van der Waals surface area contributed by atoms with Crippen molar-refractivity contribution in [2.24, 2.45) is 5.73 Å². The van der Waals surface area contributed by atoms with Crippen molar-refractivity contribution in [3.8, 4) is 0 Å². The molecule has 0 spiro atoms. The van der Waals surface area contributed by atoms with Crippen LogP contribution in [0.3, 0.4) is 0 Å². The van der Waals surface area contributed by atoms with E-state index in [2.05, 4.69) is 14.6 Å². The topological polar surface area (TPSA) is 68.5 Å². The van der Waals surface area contributed by atoms with Gasteiger partial charge in [0.25, 0.3) is 0 Å². The molecule has 1 aromatic heterocycles. The number of carbonyl (C=O) groups excluding carboxylic acids is 1. The summed E-state index contributed by atoms with van der Waals surface area (Å²) in [5, 5.41) is 0. The molecule has 0 radical (unpaired) electrons. The number of carbonyl (C=O) groups is 1. The van der Waals surface area contributed by atoms with Gasteiger partial charge in [0.2, 0.25) is 0 Å². The van der Waals surface area contributed by atoms with Crippen LogP contribution < -0.4 is 5.73 Å². The molecular weight excluding hydrogens is 218 g/mol. The molecule has 1 fully saturated rings. The Bertz CT molecular complexity index is 408. The molecule has 5 nitrogen and oxygen atoms in total. The van der Waals surface area contributed by atoms with E-state index < -0.39 is 5.97 Å². The average Bonchev–Trinajstić information content (AvgIpc) is 2.74. The summed E-state index contributed by atoms with van der Waals surface area (Å²) in [5.74, 6) is -0.398. The Morgan fingerprint density at radius 2 is 2.47 bits per heavy atom. The highest BCUT2D eigenvalue weighted by Crippen LogP contribution is 2.11. The largest absolute Gasteiger partial charge is 0.464 e. The third-order valence-corrected chi connectivity index (χ3v) is 2.90. The smallest absolute Gasteiger partial charge is 0.356 e. The van der Waals surface area contributed by atoms with Crippen molar-refractivity contribution in [3.05, 3.63) is 29.6 Å². The number of ether oxygens (including phenoxy) is 1. The van der Waals surface area contributed by atoms with Gasteiger partial charge in [0.15, 0.2) is 0 Å². The third-order valence-electron chi connectivity index (χ3n) is 2.90. The molecule has 1 unspecified atom stereocenters. The summed E-state index contributed by atoms with van der Waals surface area (Å²) in [6.07, 6.45) is 1.02. The van der Waals surface area contributed by atoms with E-state index >= 15 is 0 Å². The zero-order valence-electron chi connectivity index (χ0n) is 9.93. The van der Waals surface area contributed by atoms with E-state index in [4.69, 9.17) is 5.73 Å². The van der Waals surface area contributed by atoms with Crippen molar-refractivity contribution in [2.45, 2.75) is 19.0 Å². The van der Waals surface area contributed by atoms with Crippen molar-refractivity contribution in [3.63, 3.8) is 0 Å². The fraction of sp³-hybridized carbons (Fsp3) is 0.500. The molecule has 2 N–H and O–H groups in total. The van der Waals surface area contributed by atoms with Gasteiger partial charge in [-0.2, -0.15) is 0 Å². The van der Waals surface area contributed by atoms with Crippen LogP contribution in [-0.4, -0.2) is 42.1 Å². The van der Waals surface area contributed by atoms with Crippen LogP contribution in [0.15, 0.2) is 18.2 Å². The summed E-state index contributed by atoms with van der Waals surface area (Å²) < 4.78 is 4.64. The van der Waals surface area contributed by atoms with E-state index in [9.17, 15) is 4.79 Å². The van der Waals surface area contributed by atoms with Crippen LogP contribution in [0.4, 0.5) is 0 Å². The monoisotopic (exact) mass is 235 g/mol. The van der Waals surface area contributed by atoms with E-state index in [1.807, 2.05) is 12.1 Å². The van der Waals surface area contributed by atoms with Gasteiger partial charge in [0.1, 0.15) is 5.69 Å². The highest BCUT2D eigenvalue weighted by Gasteiger charge is 2.19. The third kappa shape index (κ3) is 3.01. The van der Waals surface area contributed by atoms with Crippen molar-refractivity contribution in [2.75, 3.05) is 20.2 Å². The quantitative estimate of drug-likeness (QED) is 0.768. The number of methoxy groups -OCH3 is 1. The number of nitrogens with zero attached hydrogens (tertiary/aromatic N) is 2. The summed E-state index contributed by atoms with van der Waals surface area (Å²) in [4.78, 5) is 17.9. The molecule has 0 bridgehead atoms. The molecule has 0 amide bonds. The van der Waals surface area contributed by atoms with Gasteiger partial charge in [-0.25, -0.2) is 9.78 Å². The number of likely N-dealkylation sites (tertiary alicyclic amines) is 1. The van der Waals surface area contributed by atoms with Crippen molar-refractivity contribution < 1.29 is 9.53 Å². The Morgan fingerprint density at radius 1 is 1.65 bits per heavy atom. The standard InChI is InChI=1S/C12H17N3O2/c1-17-12(16)11-4-2-3-10(14-11)8-15-6-5-9(13)7-15/h2-4,9H,5-8,13H2,1H3. The molecule has 2 heterocycles. The van der Waals surface area contributed by atoms with Crippen LogP contribution in [0, 0.1) is 0 Å². The van der Waals surface area contributed by atoms with Crippen LogP contribution in [0.1, 0.15) is 22.6 Å². The van der Waals surface area contributed by atoms with E-state index in [-0.39, 0.29) is 6.04 Å². The molecule has 1 aliphatic rings. The lowest BCUT2D eigenvalue weighted by Crippen LogP contribution is -2.26. The normalized spacial score (nSPS) is 20.5. The minimum atomic E-state index is -0.398. The first-order chi connectivity index (χ1) is 8.19. The first-order valence-corrected chi connectivity index (χ1v) is 5.71. The first-order valence-electron chi connectivity index (χ1n) is 5.71. The second-order valence-electron chi connectivity index (χ2n) is 4.29. The number of hydrogen-bond acceptors (Lipinski definition) is 5. The fourth-order valence-electron chi connectivity index (χ4n) is 2.02. The average molecular weight is 235 g/mol. The summed E-state index contributed by atoms with van der Waals surface area (Å²) in [6.45, 7) is 2.62. The maximum Gasteiger partial charge on any atom is 0.356 e. The van der Waals surface area contributed by atoms with Gasteiger partial charge in [0.05, 0.1) is 12.8 Å². The summed E-state index contributed by atoms with van der Waals surface area (Å²) in [6, 6.07) is 5.66. The van der Waals surface area contributed by atoms with Gasteiger partial charge >= 0.3 is 5.97 Å². The molecule has 1 atom stereocenters. The van der Waals surface area contributed by atoms with E-state index in [0.29, 0.717) is 5.69 Å². The van der Waals surface area contributed by atoms with Crippen LogP contribution in [0.5, 0.6) is 0 Å². The molecule has 2 rings (SSSR count). The lowest BCUT2D eigenvalue weighted by atomic mass is 10.3. The van der Waals surface area contributed by atoms with Gasteiger partial charge in [-0.3, -0.25) is 4.90 Å². The van der Waals surface area contributed by atoms with Crippen LogP contribution in [0.2, 0.25) is 0 Å². The molecule has 92 valence electrons. The molecular formula is C12H17N3O2. The van der Waals surface area contributed by atoms with Gasteiger partial charge in [-0.15, -0.1) is 0 Å². The van der Waals surface area contributed by atoms with Crippen LogP contribution in [0.25, 0.3) is 0 Å². The maximum atomic E-state index is 11.3. The molecule has 17 heavy (non-hydrogen) atoms. The molecule has 1 aliphatic heterocycles. The Balaban J connectivity index is 2.03. The Kier molecular flexibility index (Phi) is 3.71. The van der Waals surface area contributed by atoms with Crippen molar-refractivity contribution in [1.29, 1.82) is 0 Å². The van der Waals surface area contributed by atoms with E-state index in [0.717, 1.165) is 31.7 Å². The maximum absolute atomic E-state index is 11.3. The first kappa shape index (κ1) is 12.0. The Morgan fingerprint density at radius 3 is 3.12 bits per heavy atom. The van der Waals surface area contributed by atoms with Crippen LogP contribution in [-0.2, 0) is 11.3 Å². The summed E-state index contributed by atoms with van der Waals surface area (Å²) in [7, 11) is 1.36. The van der Waals surface area contributed by atoms with Crippen LogP contribution >= 0.6 is 0 Å². The second-order valence-corrected chi connectivity index (χ2v) is 4.29. The fourth-order valence-corrected chi connectivity index (χ4v) is 2.02. The molecule has 0 saturated carbocycles. The molecule has 1 aromatic rings. The van der Waals surface area contributed by atoms with E-state index in [1.54, 1.807) is 6.07 Å².